The van der Waals surface area contributed by atoms with Crippen LogP contribution in [0, 0.1) is 0 Å². The summed E-state index contributed by atoms with van der Waals surface area (Å²) in [5, 5.41) is 18.2. The molecule has 4 N–H and O–H groups in total. The van der Waals surface area contributed by atoms with E-state index in [2.05, 4.69) is 30.9 Å². The van der Waals surface area contributed by atoms with E-state index in [1.54, 1.807) is 36.3 Å². The van der Waals surface area contributed by atoms with Crippen molar-refractivity contribution in [3.05, 3.63) is 109 Å². The molecule has 0 saturated heterocycles. The van der Waals surface area contributed by atoms with Crippen molar-refractivity contribution in [2.75, 3.05) is 41.6 Å². The first-order valence-corrected chi connectivity index (χ1v) is 14.4. The van der Waals surface area contributed by atoms with Crippen LogP contribution in [0.2, 0.25) is 0 Å². The molecular formula is C34H33N7O5. The number of carboxylic acids is 1. The van der Waals surface area contributed by atoms with Gasteiger partial charge in [-0.3, -0.25) is 10.1 Å². The van der Waals surface area contributed by atoms with E-state index in [0.29, 0.717) is 17.2 Å². The number of para-hydroxylation sites is 3. The number of hydrogen-bond donors (Lipinski definition) is 4. The summed E-state index contributed by atoms with van der Waals surface area (Å²) in [5.41, 5.74) is 3.91. The topological polar surface area (TPSA) is 151 Å². The highest BCUT2D eigenvalue weighted by atomic mass is 16.5. The van der Waals surface area contributed by atoms with Gasteiger partial charge in [-0.15, -0.1) is 0 Å². The molecule has 234 valence electrons. The minimum Gasteiger partial charge on any atom is -0.497 e. The van der Waals surface area contributed by atoms with Crippen LogP contribution in [0.1, 0.15) is 12.0 Å². The lowest BCUT2D eigenvalue weighted by molar-refractivity contribution is -0.136. The van der Waals surface area contributed by atoms with Gasteiger partial charge in [0.25, 0.3) is 0 Å². The molecule has 5 aromatic rings. The van der Waals surface area contributed by atoms with Crippen LogP contribution in [0.4, 0.5) is 34.0 Å². The van der Waals surface area contributed by atoms with Crippen LogP contribution in [-0.4, -0.2) is 52.8 Å². The third-order valence-corrected chi connectivity index (χ3v) is 6.85. The minimum absolute atomic E-state index is 0.0527. The maximum atomic E-state index is 13.1. The largest absolute Gasteiger partial charge is 0.497 e. The number of nitrogens with zero attached hydrogens (tertiary/aromatic N) is 4. The molecule has 2 amide bonds. The van der Waals surface area contributed by atoms with Crippen LogP contribution in [0.25, 0.3) is 11.1 Å². The summed E-state index contributed by atoms with van der Waals surface area (Å²) < 4.78 is 10.7. The van der Waals surface area contributed by atoms with Gasteiger partial charge in [0.2, 0.25) is 17.8 Å². The maximum absolute atomic E-state index is 13.1. The molecule has 5 rings (SSSR count). The number of urea groups is 1. The normalized spacial score (nSPS) is 10.5. The molecule has 4 aromatic carbocycles. The molecule has 0 aliphatic heterocycles. The number of ether oxygens (including phenoxy) is 2. The highest BCUT2D eigenvalue weighted by Gasteiger charge is 2.19. The van der Waals surface area contributed by atoms with E-state index in [-0.39, 0.29) is 37.4 Å². The number of rotatable bonds is 13. The highest BCUT2D eigenvalue weighted by molar-refractivity contribution is 5.99. The van der Waals surface area contributed by atoms with E-state index in [9.17, 15) is 14.7 Å². The smallest absolute Gasteiger partial charge is 0.326 e. The molecule has 0 spiro atoms. The Morgan fingerprint density at radius 3 is 2.24 bits per heavy atom. The summed E-state index contributed by atoms with van der Waals surface area (Å²) in [5.74, 6) is 0.407. The number of methoxy groups -OCH3 is 2. The number of benzene rings is 4. The number of hydrogen-bond acceptors (Lipinski definition) is 9. The van der Waals surface area contributed by atoms with Crippen molar-refractivity contribution in [2.24, 2.45) is 0 Å². The Kier molecular flexibility index (Phi) is 10.2. The van der Waals surface area contributed by atoms with Crippen LogP contribution in [0.5, 0.6) is 11.5 Å². The Labute approximate surface area is 266 Å². The molecule has 1 heterocycles. The minimum atomic E-state index is -0.977. The fourth-order valence-corrected chi connectivity index (χ4v) is 4.67. The molecule has 0 saturated carbocycles. The van der Waals surface area contributed by atoms with E-state index in [1.165, 1.54) is 7.11 Å². The first-order valence-electron chi connectivity index (χ1n) is 14.4. The Morgan fingerprint density at radius 1 is 0.761 bits per heavy atom. The van der Waals surface area contributed by atoms with Crippen molar-refractivity contribution < 1.29 is 24.2 Å². The van der Waals surface area contributed by atoms with Gasteiger partial charge in [0.05, 0.1) is 26.3 Å². The molecule has 0 fully saturated rings. The Hall–Kier alpha value is -6.17. The number of carboxylic acid groups (broad SMARTS) is 1. The van der Waals surface area contributed by atoms with Crippen molar-refractivity contribution in [1.29, 1.82) is 0 Å². The van der Waals surface area contributed by atoms with E-state index in [1.807, 2.05) is 78.9 Å². The predicted octanol–water partition coefficient (Wildman–Crippen LogP) is 6.42. The summed E-state index contributed by atoms with van der Waals surface area (Å²) in [4.78, 5) is 40.2. The fraction of sp³-hybridized carbons (Fsp3) is 0.147. The zero-order chi connectivity index (χ0) is 32.3. The summed E-state index contributed by atoms with van der Waals surface area (Å²) in [6, 6.07) is 31.3. The molecule has 12 heteroatoms. The lowest BCUT2D eigenvalue weighted by Crippen LogP contribution is -2.29. The number of anilines is 5. The van der Waals surface area contributed by atoms with Crippen molar-refractivity contribution in [3.8, 4) is 22.6 Å². The van der Waals surface area contributed by atoms with Gasteiger partial charge >= 0.3 is 12.0 Å². The van der Waals surface area contributed by atoms with Crippen LogP contribution < -0.4 is 30.3 Å². The van der Waals surface area contributed by atoms with Crippen LogP contribution in [0.15, 0.2) is 103 Å². The van der Waals surface area contributed by atoms with Gasteiger partial charge in [-0.05, 0) is 41.5 Å². The quantitative estimate of drug-likeness (QED) is 0.116. The number of aromatic nitrogens is 3. The van der Waals surface area contributed by atoms with Gasteiger partial charge < -0.3 is 30.1 Å². The fourth-order valence-electron chi connectivity index (χ4n) is 4.67. The molecule has 0 radical (unpaired) electrons. The molecular weight excluding hydrogens is 586 g/mol. The van der Waals surface area contributed by atoms with Crippen molar-refractivity contribution in [1.82, 2.24) is 15.0 Å². The average Bonchev–Trinajstić information content (AvgIpc) is 3.07. The Balaban J connectivity index is 1.52. The van der Waals surface area contributed by atoms with E-state index in [0.717, 1.165) is 22.4 Å². The maximum Gasteiger partial charge on any atom is 0.326 e. The SMILES string of the molecule is COc1cccc(CN(CCC(=O)O)c2nc(NC(=O)Nc3ccccc3OC)nc(Nc3ccccc3-c3ccccc3)n2)c1. The van der Waals surface area contributed by atoms with Crippen LogP contribution >= 0.6 is 0 Å². The average molecular weight is 620 g/mol. The second-order valence-corrected chi connectivity index (χ2v) is 10.0. The van der Waals surface area contributed by atoms with E-state index >= 15 is 0 Å². The Bertz CT molecular complexity index is 1800. The van der Waals surface area contributed by atoms with E-state index in [4.69, 9.17) is 9.47 Å². The Morgan fingerprint density at radius 2 is 1.48 bits per heavy atom. The second-order valence-electron chi connectivity index (χ2n) is 10.0. The molecule has 1 aromatic heterocycles. The van der Waals surface area contributed by atoms with Gasteiger partial charge in [0.15, 0.2) is 0 Å². The summed E-state index contributed by atoms with van der Waals surface area (Å²) in [6.07, 6.45) is -0.174. The molecule has 0 aliphatic rings. The lowest BCUT2D eigenvalue weighted by Gasteiger charge is -2.23. The summed E-state index contributed by atoms with van der Waals surface area (Å²) in [7, 11) is 3.09. The number of amides is 2. The molecule has 0 atom stereocenters. The molecule has 0 bridgehead atoms. The van der Waals surface area contributed by atoms with Gasteiger partial charge in [-0.1, -0.05) is 72.8 Å². The third-order valence-electron chi connectivity index (χ3n) is 6.85. The third kappa shape index (κ3) is 8.26. The van der Waals surface area contributed by atoms with Gasteiger partial charge in [0, 0.05) is 24.3 Å². The van der Waals surface area contributed by atoms with Crippen LogP contribution in [0.3, 0.4) is 0 Å². The van der Waals surface area contributed by atoms with Gasteiger partial charge in [0.1, 0.15) is 11.5 Å². The second kappa shape index (κ2) is 15.0. The lowest BCUT2D eigenvalue weighted by atomic mass is 10.0. The monoisotopic (exact) mass is 619 g/mol. The first-order chi connectivity index (χ1) is 22.4. The highest BCUT2D eigenvalue weighted by Crippen LogP contribution is 2.30. The van der Waals surface area contributed by atoms with Gasteiger partial charge in [-0.25, -0.2) is 4.79 Å². The molecule has 46 heavy (non-hydrogen) atoms. The molecule has 0 unspecified atom stereocenters. The van der Waals surface area contributed by atoms with E-state index < -0.39 is 12.0 Å². The van der Waals surface area contributed by atoms with Crippen molar-refractivity contribution >= 4 is 41.2 Å². The van der Waals surface area contributed by atoms with Crippen molar-refractivity contribution in [3.63, 3.8) is 0 Å². The van der Waals surface area contributed by atoms with Crippen molar-refractivity contribution in [2.45, 2.75) is 13.0 Å². The number of aliphatic carboxylic acids is 1. The summed E-state index contributed by atoms with van der Waals surface area (Å²) >= 11 is 0. The van der Waals surface area contributed by atoms with Gasteiger partial charge in [-0.2, -0.15) is 15.0 Å². The standard InChI is InChI=1S/C34H33N7O5/c1-45-25-14-10-11-23(21-25)22-41(20-19-30(42)43)33-38-31(35-27-16-7-6-15-26(27)24-12-4-3-5-13-24)37-32(39-33)40-34(44)36-28-17-8-9-18-29(28)46-2/h3-18,21H,19-20,22H2,1-2H3,(H,42,43)(H3,35,36,37,38,39,40,44). The molecule has 12 nitrogen and oxygen atoms in total. The number of carbonyl (C=O) groups is 2. The number of carbonyl (C=O) groups excluding carboxylic acids is 1. The van der Waals surface area contributed by atoms with Crippen LogP contribution in [-0.2, 0) is 11.3 Å². The number of nitrogens with one attached hydrogen (secondary N) is 3. The zero-order valence-corrected chi connectivity index (χ0v) is 25.3. The predicted molar refractivity (Wildman–Crippen MR) is 177 cm³/mol. The first kappa shape index (κ1) is 31.3. The summed E-state index contributed by atoms with van der Waals surface area (Å²) in [6.45, 7) is 0.352. The molecule has 0 aliphatic carbocycles. The zero-order valence-electron chi connectivity index (χ0n) is 25.3.